The highest BCUT2D eigenvalue weighted by atomic mass is 16.4. The van der Waals surface area contributed by atoms with E-state index in [0.29, 0.717) is 12.6 Å². The van der Waals surface area contributed by atoms with Crippen molar-refractivity contribution in [1.29, 1.82) is 0 Å². The molecule has 0 fully saturated rings. The molecule has 0 rings (SSSR count). The number of hydrogen-bond donors (Lipinski definition) is 2. The predicted molar refractivity (Wildman–Crippen MR) is 58.5 cm³/mol. The van der Waals surface area contributed by atoms with Crippen molar-refractivity contribution in [2.45, 2.75) is 58.4 Å². The van der Waals surface area contributed by atoms with Crippen LogP contribution in [0.15, 0.2) is 0 Å². The van der Waals surface area contributed by atoms with Gasteiger partial charge in [-0.05, 0) is 13.3 Å². The molecule has 0 aliphatic heterocycles. The predicted octanol–water partition coefficient (Wildman–Crippen LogP) is 2.41. The van der Waals surface area contributed by atoms with Crippen molar-refractivity contribution in [2.24, 2.45) is 0 Å². The van der Waals surface area contributed by atoms with Gasteiger partial charge in [-0.25, -0.2) is 0 Å². The van der Waals surface area contributed by atoms with Gasteiger partial charge >= 0.3 is 5.97 Å². The topological polar surface area (TPSA) is 49.3 Å². The van der Waals surface area contributed by atoms with E-state index in [9.17, 15) is 4.79 Å². The van der Waals surface area contributed by atoms with Crippen molar-refractivity contribution in [3.05, 3.63) is 0 Å². The van der Waals surface area contributed by atoms with E-state index in [2.05, 4.69) is 19.2 Å². The number of nitrogens with one attached hydrogen (secondary N) is 1. The molecule has 14 heavy (non-hydrogen) atoms. The summed E-state index contributed by atoms with van der Waals surface area (Å²) in [5, 5.41) is 11.6. The minimum atomic E-state index is -0.726. The molecule has 1 unspecified atom stereocenters. The molecule has 2 N–H and O–H groups in total. The number of carboxylic acid groups (broad SMARTS) is 1. The van der Waals surface area contributed by atoms with Crippen LogP contribution in [0.5, 0.6) is 0 Å². The van der Waals surface area contributed by atoms with Gasteiger partial charge in [-0.3, -0.25) is 4.79 Å². The molecular formula is C11H23NO2. The lowest BCUT2D eigenvalue weighted by Crippen LogP contribution is -2.28. The molecule has 0 radical (unpaired) electrons. The number of aliphatic carboxylic acids is 1. The van der Waals surface area contributed by atoms with Crippen LogP contribution >= 0.6 is 0 Å². The Balaban J connectivity index is 3.19. The highest BCUT2D eigenvalue weighted by molar-refractivity contribution is 5.66. The summed E-state index contributed by atoms with van der Waals surface area (Å²) in [5.74, 6) is -0.726. The normalized spacial score (nSPS) is 12.7. The van der Waals surface area contributed by atoms with Crippen molar-refractivity contribution in [2.75, 3.05) is 6.54 Å². The van der Waals surface area contributed by atoms with Gasteiger partial charge in [-0.2, -0.15) is 0 Å². The number of unbranched alkanes of at least 4 members (excludes halogenated alkanes) is 3. The van der Waals surface area contributed by atoms with Gasteiger partial charge in [0.1, 0.15) is 0 Å². The first-order valence-corrected chi connectivity index (χ1v) is 5.62. The summed E-state index contributed by atoms with van der Waals surface area (Å²) >= 11 is 0. The van der Waals surface area contributed by atoms with E-state index in [-0.39, 0.29) is 6.42 Å². The Hall–Kier alpha value is -0.570. The highest BCUT2D eigenvalue weighted by Crippen LogP contribution is 2.04. The Kier molecular flexibility index (Phi) is 8.64. The first kappa shape index (κ1) is 13.4. The van der Waals surface area contributed by atoms with Crippen LogP contribution in [0.4, 0.5) is 0 Å². The van der Waals surface area contributed by atoms with Crippen molar-refractivity contribution >= 4 is 5.97 Å². The second-order valence-electron chi connectivity index (χ2n) is 3.85. The van der Waals surface area contributed by atoms with E-state index in [1.165, 1.54) is 25.7 Å². The maximum absolute atomic E-state index is 10.2. The number of hydrogen-bond acceptors (Lipinski definition) is 2. The molecule has 0 aromatic carbocycles. The van der Waals surface area contributed by atoms with Gasteiger partial charge in [0.15, 0.2) is 0 Å². The molecule has 0 saturated carbocycles. The maximum Gasteiger partial charge on any atom is 0.304 e. The number of carbonyl (C=O) groups is 1. The number of rotatable bonds is 9. The van der Waals surface area contributed by atoms with Gasteiger partial charge in [-0.15, -0.1) is 0 Å². The van der Waals surface area contributed by atoms with Crippen LogP contribution in [0, 0.1) is 0 Å². The Morgan fingerprint density at radius 2 is 2.07 bits per heavy atom. The van der Waals surface area contributed by atoms with Gasteiger partial charge < -0.3 is 10.4 Å². The highest BCUT2D eigenvalue weighted by Gasteiger charge is 2.02. The Morgan fingerprint density at radius 3 is 2.64 bits per heavy atom. The maximum atomic E-state index is 10.2. The van der Waals surface area contributed by atoms with Crippen LogP contribution in [0.3, 0.4) is 0 Å². The summed E-state index contributed by atoms with van der Waals surface area (Å²) in [4.78, 5) is 10.2. The molecule has 84 valence electrons. The van der Waals surface area contributed by atoms with Gasteiger partial charge in [0.25, 0.3) is 0 Å². The van der Waals surface area contributed by atoms with E-state index in [4.69, 9.17) is 5.11 Å². The average molecular weight is 201 g/mol. The first-order chi connectivity index (χ1) is 6.66. The first-order valence-electron chi connectivity index (χ1n) is 5.62. The smallest absolute Gasteiger partial charge is 0.304 e. The monoisotopic (exact) mass is 201 g/mol. The van der Waals surface area contributed by atoms with E-state index in [1.807, 2.05) is 0 Å². The third-order valence-electron chi connectivity index (χ3n) is 2.32. The third kappa shape index (κ3) is 9.52. The van der Waals surface area contributed by atoms with Gasteiger partial charge in [0, 0.05) is 12.6 Å². The standard InChI is InChI=1S/C11H23NO2/c1-3-4-5-6-7-10(2)12-9-8-11(13)14/h10,12H,3-9H2,1-2H3,(H,13,14). The van der Waals surface area contributed by atoms with Crippen LogP contribution < -0.4 is 5.32 Å². The second kappa shape index (κ2) is 9.00. The molecule has 0 aliphatic carbocycles. The van der Waals surface area contributed by atoms with Crippen LogP contribution in [-0.2, 0) is 4.79 Å². The molecular weight excluding hydrogens is 178 g/mol. The summed E-state index contributed by atoms with van der Waals surface area (Å²) in [6.07, 6.45) is 6.48. The minimum Gasteiger partial charge on any atom is -0.481 e. The lowest BCUT2D eigenvalue weighted by molar-refractivity contribution is -0.136. The fraction of sp³-hybridized carbons (Fsp3) is 0.909. The van der Waals surface area contributed by atoms with Gasteiger partial charge in [0.05, 0.1) is 6.42 Å². The van der Waals surface area contributed by atoms with Crippen molar-refractivity contribution in [3.63, 3.8) is 0 Å². The molecule has 0 aromatic heterocycles. The zero-order chi connectivity index (χ0) is 10.8. The molecule has 0 amide bonds. The minimum absolute atomic E-state index is 0.222. The molecule has 0 bridgehead atoms. The zero-order valence-corrected chi connectivity index (χ0v) is 9.38. The SMILES string of the molecule is CCCCCCC(C)NCCC(=O)O. The van der Waals surface area contributed by atoms with E-state index >= 15 is 0 Å². The fourth-order valence-corrected chi connectivity index (χ4v) is 1.40. The summed E-state index contributed by atoms with van der Waals surface area (Å²) < 4.78 is 0. The Labute approximate surface area is 86.9 Å². The average Bonchev–Trinajstić information content (AvgIpc) is 2.12. The molecule has 0 saturated heterocycles. The molecule has 0 aliphatic rings. The van der Waals surface area contributed by atoms with Crippen molar-refractivity contribution in [3.8, 4) is 0 Å². The largest absolute Gasteiger partial charge is 0.481 e. The lowest BCUT2D eigenvalue weighted by atomic mass is 10.1. The van der Waals surface area contributed by atoms with Crippen LogP contribution in [0.25, 0.3) is 0 Å². The summed E-state index contributed by atoms with van der Waals surface area (Å²) in [7, 11) is 0. The molecule has 0 aromatic rings. The summed E-state index contributed by atoms with van der Waals surface area (Å²) in [6.45, 7) is 4.91. The summed E-state index contributed by atoms with van der Waals surface area (Å²) in [5.41, 5.74) is 0. The Morgan fingerprint density at radius 1 is 1.36 bits per heavy atom. The second-order valence-corrected chi connectivity index (χ2v) is 3.85. The Bertz CT molecular complexity index is 148. The zero-order valence-electron chi connectivity index (χ0n) is 9.38. The lowest BCUT2D eigenvalue weighted by Gasteiger charge is -2.12. The van der Waals surface area contributed by atoms with E-state index in [1.54, 1.807) is 0 Å². The summed E-state index contributed by atoms with van der Waals surface area (Å²) in [6, 6.07) is 0.450. The van der Waals surface area contributed by atoms with E-state index < -0.39 is 5.97 Å². The van der Waals surface area contributed by atoms with Crippen molar-refractivity contribution in [1.82, 2.24) is 5.32 Å². The molecule has 3 nitrogen and oxygen atoms in total. The van der Waals surface area contributed by atoms with Gasteiger partial charge in [0.2, 0.25) is 0 Å². The number of carboxylic acids is 1. The van der Waals surface area contributed by atoms with Crippen LogP contribution in [0.1, 0.15) is 52.4 Å². The molecule has 0 spiro atoms. The van der Waals surface area contributed by atoms with Crippen LogP contribution in [0.2, 0.25) is 0 Å². The molecule has 1 atom stereocenters. The quantitative estimate of drug-likeness (QED) is 0.563. The van der Waals surface area contributed by atoms with Crippen LogP contribution in [-0.4, -0.2) is 23.7 Å². The third-order valence-corrected chi connectivity index (χ3v) is 2.32. The van der Waals surface area contributed by atoms with Gasteiger partial charge in [-0.1, -0.05) is 32.6 Å². The van der Waals surface area contributed by atoms with E-state index in [0.717, 1.165) is 6.42 Å². The molecule has 0 heterocycles. The van der Waals surface area contributed by atoms with Crippen molar-refractivity contribution < 1.29 is 9.90 Å². The molecule has 3 heteroatoms. The fourth-order valence-electron chi connectivity index (χ4n) is 1.40.